The number of fused-ring (bicyclic) bond motifs is 2. The molecule has 0 bridgehead atoms. The summed E-state index contributed by atoms with van der Waals surface area (Å²) < 4.78 is 21.8. The average molecular weight is 382 g/mol. The lowest BCUT2D eigenvalue weighted by Crippen LogP contribution is -2.49. The van der Waals surface area contributed by atoms with E-state index in [1.807, 2.05) is 12.1 Å². The molecule has 2 aromatic rings. The van der Waals surface area contributed by atoms with Crippen LogP contribution in [0.2, 0.25) is 0 Å². The third kappa shape index (κ3) is 3.75. The van der Waals surface area contributed by atoms with Crippen LogP contribution in [0.3, 0.4) is 0 Å². The fraction of sp³-hybridized carbons (Fsp3) is 0.455. The number of hydrogen-bond acceptors (Lipinski definition) is 6. The highest BCUT2D eigenvalue weighted by Crippen LogP contribution is 2.33. The lowest BCUT2D eigenvalue weighted by molar-refractivity contribution is 0.173. The lowest BCUT2D eigenvalue weighted by atomic mass is 9.90. The standard InChI is InChI=1S/C22H26N2O4/c1-2-4-18(24-12-16-6-8-20-22(10-16)28-14-26-20)17(3-1)23-11-15-5-7-19-21(9-15)27-13-25-19/h5-10,17-18,23-24H,1-4,11-14H2/t17-,18+. The van der Waals surface area contributed by atoms with Gasteiger partial charge in [-0.1, -0.05) is 25.0 Å². The van der Waals surface area contributed by atoms with Crippen molar-refractivity contribution in [2.75, 3.05) is 13.6 Å². The SMILES string of the molecule is c1cc2c(cc1CN[C@H]1CCCC[C@H]1NCc1ccc3c(c1)OCO3)OCO2. The monoisotopic (exact) mass is 382 g/mol. The summed E-state index contributed by atoms with van der Waals surface area (Å²) in [5.74, 6) is 3.37. The number of ether oxygens (including phenoxy) is 4. The van der Waals surface area contributed by atoms with E-state index in [1.54, 1.807) is 0 Å². The molecule has 1 aliphatic carbocycles. The number of hydrogen-bond donors (Lipinski definition) is 2. The summed E-state index contributed by atoms with van der Waals surface area (Å²) in [5, 5.41) is 7.51. The first-order chi connectivity index (χ1) is 13.8. The normalized spacial score (nSPS) is 22.4. The Morgan fingerprint density at radius 1 is 0.643 bits per heavy atom. The fourth-order valence-corrected chi connectivity index (χ4v) is 4.22. The molecule has 2 N–H and O–H groups in total. The molecule has 2 atom stereocenters. The van der Waals surface area contributed by atoms with E-state index in [9.17, 15) is 0 Å². The molecular weight excluding hydrogens is 356 g/mol. The second-order valence-electron chi connectivity index (χ2n) is 7.63. The Bertz CT molecular complexity index is 772. The topological polar surface area (TPSA) is 61.0 Å². The van der Waals surface area contributed by atoms with Crippen molar-refractivity contribution >= 4 is 0 Å². The maximum absolute atomic E-state index is 5.49. The largest absolute Gasteiger partial charge is 0.454 e. The van der Waals surface area contributed by atoms with Gasteiger partial charge < -0.3 is 29.6 Å². The molecule has 0 aromatic heterocycles. The van der Waals surface area contributed by atoms with Gasteiger partial charge in [0.15, 0.2) is 23.0 Å². The van der Waals surface area contributed by atoms with E-state index in [0.29, 0.717) is 25.7 Å². The van der Waals surface area contributed by atoms with E-state index in [1.165, 1.54) is 36.8 Å². The zero-order valence-electron chi connectivity index (χ0n) is 15.9. The van der Waals surface area contributed by atoms with Gasteiger partial charge in [0.05, 0.1) is 0 Å². The maximum Gasteiger partial charge on any atom is 0.231 e. The molecule has 0 radical (unpaired) electrons. The van der Waals surface area contributed by atoms with Gasteiger partial charge in [-0.2, -0.15) is 0 Å². The Hall–Kier alpha value is -2.44. The molecule has 2 heterocycles. The lowest BCUT2D eigenvalue weighted by Gasteiger charge is -2.33. The van der Waals surface area contributed by atoms with Gasteiger partial charge in [0, 0.05) is 25.2 Å². The Kier molecular flexibility index (Phi) is 4.97. The van der Waals surface area contributed by atoms with Gasteiger partial charge in [0.25, 0.3) is 0 Å². The van der Waals surface area contributed by atoms with Gasteiger partial charge in [-0.15, -0.1) is 0 Å². The molecule has 6 nitrogen and oxygen atoms in total. The van der Waals surface area contributed by atoms with Crippen molar-refractivity contribution in [1.29, 1.82) is 0 Å². The molecule has 1 fully saturated rings. The van der Waals surface area contributed by atoms with Crippen molar-refractivity contribution in [3.63, 3.8) is 0 Å². The second-order valence-corrected chi connectivity index (χ2v) is 7.63. The smallest absolute Gasteiger partial charge is 0.231 e. The van der Waals surface area contributed by atoms with E-state index < -0.39 is 0 Å². The third-order valence-electron chi connectivity index (χ3n) is 5.78. The van der Waals surface area contributed by atoms with Gasteiger partial charge >= 0.3 is 0 Å². The van der Waals surface area contributed by atoms with Crippen molar-refractivity contribution in [2.45, 2.75) is 50.9 Å². The van der Waals surface area contributed by atoms with Crippen molar-refractivity contribution in [1.82, 2.24) is 10.6 Å². The van der Waals surface area contributed by atoms with E-state index >= 15 is 0 Å². The molecule has 2 aromatic carbocycles. The minimum atomic E-state index is 0.320. The minimum Gasteiger partial charge on any atom is -0.454 e. The van der Waals surface area contributed by atoms with E-state index in [-0.39, 0.29) is 0 Å². The van der Waals surface area contributed by atoms with Crippen LogP contribution in [0.4, 0.5) is 0 Å². The maximum atomic E-state index is 5.49. The van der Waals surface area contributed by atoms with E-state index in [4.69, 9.17) is 18.9 Å². The van der Waals surface area contributed by atoms with Crippen molar-refractivity contribution < 1.29 is 18.9 Å². The first-order valence-electron chi connectivity index (χ1n) is 10.1. The van der Waals surface area contributed by atoms with E-state index in [2.05, 4.69) is 34.9 Å². The van der Waals surface area contributed by atoms with Crippen LogP contribution in [-0.2, 0) is 13.1 Å². The van der Waals surface area contributed by atoms with Gasteiger partial charge in [-0.05, 0) is 48.2 Å². The molecule has 0 spiro atoms. The average Bonchev–Trinajstić information content (AvgIpc) is 3.39. The summed E-state index contributed by atoms with van der Waals surface area (Å²) in [6.07, 6.45) is 4.95. The Balaban J connectivity index is 1.18. The summed E-state index contributed by atoms with van der Waals surface area (Å²) in [4.78, 5) is 0. The van der Waals surface area contributed by atoms with Gasteiger partial charge in [-0.25, -0.2) is 0 Å². The predicted octanol–water partition coefficient (Wildman–Crippen LogP) is 3.33. The van der Waals surface area contributed by atoms with Crippen molar-refractivity contribution in [2.24, 2.45) is 0 Å². The summed E-state index contributed by atoms with van der Waals surface area (Å²) in [6.45, 7) is 2.31. The third-order valence-corrected chi connectivity index (χ3v) is 5.78. The van der Waals surface area contributed by atoms with Crippen LogP contribution in [0.1, 0.15) is 36.8 Å². The molecule has 0 saturated heterocycles. The molecule has 28 heavy (non-hydrogen) atoms. The molecule has 2 aliphatic heterocycles. The van der Waals surface area contributed by atoms with Crippen LogP contribution in [0.5, 0.6) is 23.0 Å². The van der Waals surface area contributed by atoms with Crippen LogP contribution in [0, 0.1) is 0 Å². The van der Waals surface area contributed by atoms with E-state index in [0.717, 1.165) is 36.1 Å². The zero-order chi connectivity index (χ0) is 18.8. The number of rotatable bonds is 6. The summed E-state index contributed by atoms with van der Waals surface area (Å²) >= 11 is 0. The zero-order valence-corrected chi connectivity index (χ0v) is 15.9. The molecule has 6 heteroatoms. The predicted molar refractivity (Wildman–Crippen MR) is 105 cm³/mol. The summed E-state index contributed by atoms with van der Waals surface area (Å²) in [5.41, 5.74) is 2.45. The summed E-state index contributed by atoms with van der Waals surface area (Å²) in [7, 11) is 0. The molecule has 1 saturated carbocycles. The Labute approximate surface area is 165 Å². The van der Waals surface area contributed by atoms with Crippen LogP contribution in [0.25, 0.3) is 0 Å². The first-order valence-corrected chi connectivity index (χ1v) is 10.1. The van der Waals surface area contributed by atoms with Gasteiger partial charge in [0.2, 0.25) is 13.6 Å². The second kappa shape index (κ2) is 7.89. The Morgan fingerprint density at radius 3 is 1.61 bits per heavy atom. The van der Waals surface area contributed by atoms with Crippen LogP contribution in [0.15, 0.2) is 36.4 Å². The van der Waals surface area contributed by atoms with Gasteiger partial charge in [0.1, 0.15) is 0 Å². The van der Waals surface area contributed by atoms with Crippen LogP contribution >= 0.6 is 0 Å². The fourth-order valence-electron chi connectivity index (χ4n) is 4.22. The molecule has 0 unspecified atom stereocenters. The minimum absolute atomic E-state index is 0.320. The molecular formula is C22H26N2O4. The van der Waals surface area contributed by atoms with Crippen molar-refractivity contribution in [3.05, 3.63) is 47.5 Å². The highest BCUT2D eigenvalue weighted by atomic mass is 16.7. The summed E-state index contributed by atoms with van der Waals surface area (Å²) in [6, 6.07) is 13.3. The number of benzene rings is 2. The van der Waals surface area contributed by atoms with Crippen molar-refractivity contribution in [3.8, 4) is 23.0 Å². The Morgan fingerprint density at radius 2 is 1.11 bits per heavy atom. The molecule has 5 rings (SSSR count). The molecule has 3 aliphatic rings. The quantitative estimate of drug-likeness (QED) is 0.799. The molecule has 0 amide bonds. The molecule has 148 valence electrons. The number of nitrogens with one attached hydrogen (secondary N) is 2. The van der Waals surface area contributed by atoms with Gasteiger partial charge in [-0.3, -0.25) is 0 Å². The first kappa shape index (κ1) is 17.6. The highest BCUT2D eigenvalue weighted by molar-refractivity contribution is 5.45. The van der Waals surface area contributed by atoms with Crippen LogP contribution in [-0.4, -0.2) is 25.7 Å². The van der Waals surface area contributed by atoms with Crippen LogP contribution < -0.4 is 29.6 Å². The highest BCUT2D eigenvalue weighted by Gasteiger charge is 2.25.